The van der Waals surface area contributed by atoms with E-state index in [4.69, 9.17) is 16.6 Å². The van der Waals surface area contributed by atoms with E-state index in [-0.39, 0.29) is 5.91 Å². The number of hydrogen-bond acceptors (Lipinski definition) is 4. The number of carbonyl (C=O) groups is 1. The summed E-state index contributed by atoms with van der Waals surface area (Å²) in [4.78, 5) is 15.6. The highest BCUT2D eigenvalue weighted by molar-refractivity contribution is 8.26. The lowest BCUT2D eigenvalue weighted by Crippen LogP contribution is -2.41. The first kappa shape index (κ1) is 17.3. The highest BCUT2D eigenvalue weighted by atomic mass is 32.2. The summed E-state index contributed by atoms with van der Waals surface area (Å²) in [6.45, 7) is 2.06. The number of thioether (sulfide) groups is 1. The summed E-state index contributed by atoms with van der Waals surface area (Å²) in [6, 6.07) is 12.4. The molecular weight excluding hydrogens is 374 g/mol. The Bertz CT molecular complexity index is 943. The van der Waals surface area contributed by atoms with Crippen LogP contribution in [0.25, 0.3) is 17.4 Å². The van der Waals surface area contributed by atoms with Crippen LogP contribution in [0.3, 0.4) is 0 Å². The molecule has 0 spiro atoms. The maximum absolute atomic E-state index is 13.0. The summed E-state index contributed by atoms with van der Waals surface area (Å²) < 4.78 is 6.66. The smallest absolute Gasteiger partial charge is 0.266 e. The second-order valence-electron chi connectivity index (χ2n) is 7.86. The van der Waals surface area contributed by atoms with Gasteiger partial charge < -0.3 is 4.42 Å². The minimum Gasteiger partial charge on any atom is -0.457 e. The fourth-order valence-corrected chi connectivity index (χ4v) is 6.08. The molecule has 27 heavy (non-hydrogen) atoms. The van der Waals surface area contributed by atoms with Gasteiger partial charge in [-0.25, -0.2) is 0 Å². The Labute approximate surface area is 168 Å². The van der Waals surface area contributed by atoms with Crippen LogP contribution in [-0.4, -0.2) is 21.2 Å². The van der Waals surface area contributed by atoms with Gasteiger partial charge >= 0.3 is 0 Å². The molecule has 1 aromatic heterocycles. The number of nitrogens with zero attached hydrogens (tertiary/aromatic N) is 1. The van der Waals surface area contributed by atoms with Gasteiger partial charge in [0.15, 0.2) is 0 Å². The molecule has 3 fully saturated rings. The van der Waals surface area contributed by atoms with Crippen LogP contribution < -0.4 is 0 Å². The van der Waals surface area contributed by atoms with Crippen molar-refractivity contribution in [1.82, 2.24) is 4.90 Å². The summed E-state index contributed by atoms with van der Waals surface area (Å²) in [7, 11) is 0. The van der Waals surface area contributed by atoms with Crippen molar-refractivity contribution in [3.8, 4) is 11.3 Å². The number of amides is 1. The number of fused-ring (bicyclic) bond motifs is 2. The lowest BCUT2D eigenvalue weighted by Gasteiger charge is -2.30. The van der Waals surface area contributed by atoms with E-state index in [2.05, 4.69) is 19.1 Å². The highest BCUT2D eigenvalue weighted by Crippen LogP contribution is 2.49. The molecule has 5 heteroatoms. The Morgan fingerprint density at radius 3 is 2.67 bits per heavy atom. The number of rotatable bonds is 3. The average Bonchev–Trinajstić information content (AvgIpc) is 3.42. The van der Waals surface area contributed by atoms with Crippen molar-refractivity contribution < 1.29 is 9.21 Å². The van der Waals surface area contributed by atoms with Crippen LogP contribution in [0.5, 0.6) is 0 Å². The largest absolute Gasteiger partial charge is 0.457 e. The topological polar surface area (TPSA) is 33.5 Å². The molecule has 1 amide bonds. The Morgan fingerprint density at radius 1 is 1.15 bits per heavy atom. The molecule has 1 aliphatic heterocycles. The first-order chi connectivity index (χ1) is 13.1. The molecule has 2 saturated carbocycles. The summed E-state index contributed by atoms with van der Waals surface area (Å²) in [6.07, 6.45) is 6.77. The molecule has 5 rings (SSSR count). The van der Waals surface area contributed by atoms with E-state index < -0.39 is 0 Å². The van der Waals surface area contributed by atoms with Crippen LogP contribution in [-0.2, 0) is 4.79 Å². The third-order valence-corrected chi connectivity index (χ3v) is 7.42. The number of aryl methyl sites for hydroxylation is 1. The third-order valence-electron chi connectivity index (χ3n) is 6.09. The van der Waals surface area contributed by atoms with Gasteiger partial charge in [0.05, 0.1) is 4.91 Å². The predicted octanol–water partition coefficient (Wildman–Crippen LogP) is 5.64. The molecule has 0 N–H and O–H groups in total. The fourth-order valence-electron chi connectivity index (χ4n) is 4.73. The van der Waals surface area contributed by atoms with Gasteiger partial charge in [0.1, 0.15) is 15.8 Å². The SMILES string of the molecule is Cc1ccc(-c2ccc(/C=C3/SC(=S)N(C4CC5CCC4C5)C3=O)o2)cc1. The zero-order valence-corrected chi connectivity index (χ0v) is 16.8. The van der Waals surface area contributed by atoms with E-state index in [1.54, 1.807) is 0 Å². The van der Waals surface area contributed by atoms with Crippen LogP contribution in [0.4, 0.5) is 0 Å². The first-order valence-corrected chi connectivity index (χ1v) is 10.7. The van der Waals surface area contributed by atoms with E-state index >= 15 is 0 Å². The molecule has 3 unspecified atom stereocenters. The van der Waals surface area contributed by atoms with Crippen LogP contribution in [0.2, 0.25) is 0 Å². The summed E-state index contributed by atoms with van der Waals surface area (Å²) in [5.41, 5.74) is 2.25. The summed E-state index contributed by atoms with van der Waals surface area (Å²) in [5.74, 6) is 2.98. The van der Waals surface area contributed by atoms with E-state index in [1.807, 2.05) is 35.2 Å². The van der Waals surface area contributed by atoms with E-state index in [0.717, 1.165) is 23.7 Å². The number of benzene rings is 1. The molecule has 3 nitrogen and oxygen atoms in total. The van der Waals surface area contributed by atoms with Crippen molar-refractivity contribution in [2.75, 3.05) is 0 Å². The van der Waals surface area contributed by atoms with Crippen molar-refractivity contribution in [2.45, 2.75) is 38.6 Å². The van der Waals surface area contributed by atoms with Crippen molar-refractivity contribution >= 4 is 40.3 Å². The third kappa shape index (κ3) is 3.07. The van der Waals surface area contributed by atoms with Crippen LogP contribution in [0.15, 0.2) is 45.7 Å². The number of carbonyl (C=O) groups excluding carboxylic acids is 1. The molecular formula is C22H21NO2S2. The number of hydrogen-bond donors (Lipinski definition) is 0. The van der Waals surface area contributed by atoms with Gasteiger partial charge in [-0.05, 0) is 50.2 Å². The van der Waals surface area contributed by atoms with Crippen LogP contribution in [0.1, 0.15) is 37.0 Å². The molecule has 1 aromatic carbocycles. The molecule has 0 radical (unpaired) electrons. The van der Waals surface area contributed by atoms with E-state index in [1.165, 1.54) is 36.6 Å². The van der Waals surface area contributed by atoms with Crippen LogP contribution >= 0.6 is 24.0 Å². The Balaban J connectivity index is 1.37. The lowest BCUT2D eigenvalue weighted by molar-refractivity contribution is -0.124. The molecule has 138 valence electrons. The Hall–Kier alpha value is -1.85. The normalized spacial score (nSPS) is 28.7. The highest BCUT2D eigenvalue weighted by Gasteiger charge is 2.47. The minimum atomic E-state index is 0.0517. The first-order valence-electron chi connectivity index (χ1n) is 9.52. The van der Waals surface area contributed by atoms with E-state index in [9.17, 15) is 4.79 Å². The zero-order valence-electron chi connectivity index (χ0n) is 15.2. The maximum atomic E-state index is 13.0. The van der Waals surface area contributed by atoms with Gasteiger partial charge in [-0.3, -0.25) is 9.69 Å². The van der Waals surface area contributed by atoms with Gasteiger partial charge in [0.2, 0.25) is 0 Å². The quantitative estimate of drug-likeness (QED) is 0.497. The average molecular weight is 396 g/mol. The number of furan rings is 1. The second-order valence-corrected chi connectivity index (χ2v) is 9.54. The monoisotopic (exact) mass is 395 g/mol. The van der Waals surface area contributed by atoms with Gasteiger partial charge in [0.25, 0.3) is 5.91 Å². The van der Waals surface area contributed by atoms with Gasteiger partial charge in [-0.1, -0.05) is 60.2 Å². The predicted molar refractivity (Wildman–Crippen MR) is 113 cm³/mol. The Kier molecular flexibility index (Phi) is 4.25. The molecule has 3 aliphatic rings. The zero-order chi connectivity index (χ0) is 18.5. The standard InChI is InChI=1S/C22H21NO2S2/c1-13-2-5-15(6-3-13)19-9-8-17(25-19)12-20-21(24)23(22(26)27-20)18-11-14-4-7-16(18)10-14/h2-3,5-6,8-9,12,14,16,18H,4,7,10-11H2,1H3/b20-12+. The van der Waals surface area contributed by atoms with Gasteiger partial charge in [-0.15, -0.1) is 0 Å². The van der Waals surface area contributed by atoms with Crippen molar-refractivity contribution in [3.05, 3.63) is 52.6 Å². The van der Waals surface area contributed by atoms with Gasteiger partial charge in [-0.2, -0.15) is 0 Å². The lowest BCUT2D eigenvalue weighted by atomic mass is 9.94. The number of thiocarbonyl (C=S) groups is 1. The van der Waals surface area contributed by atoms with Crippen molar-refractivity contribution in [2.24, 2.45) is 11.8 Å². The van der Waals surface area contributed by atoms with Crippen molar-refractivity contribution in [1.29, 1.82) is 0 Å². The molecule has 2 heterocycles. The molecule has 1 saturated heterocycles. The molecule has 2 aromatic rings. The van der Waals surface area contributed by atoms with Crippen LogP contribution in [0, 0.1) is 18.8 Å². The van der Waals surface area contributed by atoms with Gasteiger partial charge in [0, 0.05) is 17.7 Å². The molecule has 2 aliphatic carbocycles. The molecule has 2 bridgehead atoms. The molecule has 3 atom stereocenters. The Morgan fingerprint density at radius 2 is 1.96 bits per heavy atom. The maximum Gasteiger partial charge on any atom is 0.266 e. The fraction of sp³-hybridized carbons (Fsp3) is 0.364. The van der Waals surface area contributed by atoms with E-state index in [0.29, 0.717) is 26.9 Å². The summed E-state index contributed by atoms with van der Waals surface area (Å²) >= 11 is 6.96. The summed E-state index contributed by atoms with van der Waals surface area (Å²) in [5, 5.41) is 0. The minimum absolute atomic E-state index is 0.0517. The second kappa shape index (κ2) is 6.64. The van der Waals surface area contributed by atoms with Crippen molar-refractivity contribution in [3.63, 3.8) is 0 Å².